The van der Waals surface area contributed by atoms with Gasteiger partial charge >= 0.3 is 12.1 Å². The Kier molecular flexibility index (Phi) is 9.51. The first kappa shape index (κ1) is 32.8. The van der Waals surface area contributed by atoms with Gasteiger partial charge in [-0.15, -0.1) is 0 Å². The van der Waals surface area contributed by atoms with Crippen molar-refractivity contribution in [3.05, 3.63) is 90.1 Å². The van der Waals surface area contributed by atoms with Crippen LogP contribution < -0.4 is 20.9 Å². The molecule has 0 bridgehead atoms. The van der Waals surface area contributed by atoms with Crippen LogP contribution in [-0.4, -0.2) is 74.0 Å². The molecule has 1 atom stereocenters. The number of esters is 1. The summed E-state index contributed by atoms with van der Waals surface area (Å²) >= 11 is 0. The number of piperidine rings is 1. The van der Waals surface area contributed by atoms with Gasteiger partial charge in [0.05, 0.1) is 6.54 Å². The number of carbonyl (C=O) groups excluding carboxylic acids is 1. The van der Waals surface area contributed by atoms with Crippen molar-refractivity contribution >= 4 is 29.5 Å². The van der Waals surface area contributed by atoms with Crippen molar-refractivity contribution in [2.24, 2.45) is 0 Å². The zero-order valence-corrected chi connectivity index (χ0v) is 27.8. The molecule has 0 saturated carbocycles. The van der Waals surface area contributed by atoms with E-state index in [0.29, 0.717) is 17.4 Å². The largest absolute Gasteiger partial charge is 0.465 e. The van der Waals surface area contributed by atoms with E-state index < -0.39 is 23.2 Å². The minimum Gasteiger partial charge on any atom is -0.465 e. The third kappa shape index (κ3) is 7.53. The standard InChI is InChI=1S/C36H44N8O4/c1-35(2,3)48-33(45)36(42-34(46)47,22-25-10-5-4-6-11-25)23-38-31-29(43-18-7-8-19-43)32(40-24-39-31)44-20-15-26(16-21-44)28-14-13-27-12-9-17-37-30(27)41-28/h4-8,10-11,13-14,18-19,24,26,42H,9,12,15-17,20-23H2,1-3H3,(H,37,41)(H,46,47)(H,38,39,40). The maximum atomic E-state index is 13.9. The van der Waals surface area contributed by atoms with Crippen molar-refractivity contribution in [1.29, 1.82) is 0 Å². The van der Waals surface area contributed by atoms with Gasteiger partial charge in [-0.3, -0.25) is 0 Å². The molecule has 12 nitrogen and oxygen atoms in total. The summed E-state index contributed by atoms with van der Waals surface area (Å²) in [5, 5.41) is 19.3. The molecule has 48 heavy (non-hydrogen) atoms. The minimum atomic E-state index is -1.66. The highest BCUT2D eigenvalue weighted by Gasteiger charge is 2.44. The molecule has 2 aliphatic heterocycles. The zero-order chi connectivity index (χ0) is 33.7. The average Bonchev–Trinajstić information content (AvgIpc) is 3.61. The van der Waals surface area contributed by atoms with Gasteiger partial charge in [-0.1, -0.05) is 36.4 Å². The number of nitrogens with one attached hydrogen (secondary N) is 3. The van der Waals surface area contributed by atoms with E-state index in [9.17, 15) is 14.7 Å². The number of hydrogen-bond acceptors (Lipinski definition) is 9. The molecule has 12 heteroatoms. The predicted molar refractivity (Wildman–Crippen MR) is 185 cm³/mol. The van der Waals surface area contributed by atoms with Gasteiger partial charge in [0, 0.05) is 50.1 Å². The molecule has 2 aliphatic rings. The summed E-state index contributed by atoms with van der Waals surface area (Å²) < 4.78 is 7.75. The van der Waals surface area contributed by atoms with Crippen LogP contribution in [0.2, 0.25) is 0 Å². The molecular weight excluding hydrogens is 608 g/mol. The van der Waals surface area contributed by atoms with Crippen molar-refractivity contribution in [3.63, 3.8) is 0 Å². The summed E-state index contributed by atoms with van der Waals surface area (Å²) in [6.07, 6.45) is 8.13. The van der Waals surface area contributed by atoms with Gasteiger partial charge in [-0.05, 0) is 75.8 Å². The van der Waals surface area contributed by atoms with Crippen LogP contribution in [0.3, 0.4) is 0 Å². The number of benzene rings is 1. The van der Waals surface area contributed by atoms with Crippen molar-refractivity contribution in [2.45, 2.75) is 69.9 Å². The maximum Gasteiger partial charge on any atom is 0.405 e. The first-order chi connectivity index (χ1) is 23.1. The summed E-state index contributed by atoms with van der Waals surface area (Å²) in [6, 6.07) is 17.5. The Morgan fingerprint density at radius 3 is 2.48 bits per heavy atom. The summed E-state index contributed by atoms with van der Waals surface area (Å²) in [4.78, 5) is 42.7. The zero-order valence-electron chi connectivity index (χ0n) is 27.8. The number of carboxylic acid groups (broad SMARTS) is 1. The van der Waals surface area contributed by atoms with Gasteiger partial charge in [-0.25, -0.2) is 24.5 Å². The summed E-state index contributed by atoms with van der Waals surface area (Å²) in [5.74, 6) is 1.90. The molecule has 3 aromatic heterocycles. The monoisotopic (exact) mass is 652 g/mol. The maximum absolute atomic E-state index is 13.9. The first-order valence-corrected chi connectivity index (χ1v) is 16.6. The number of nitrogens with zero attached hydrogens (tertiary/aromatic N) is 5. The normalized spacial score (nSPS) is 16.3. The van der Waals surface area contributed by atoms with Gasteiger partial charge in [0.25, 0.3) is 0 Å². The second-order valence-electron chi connectivity index (χ2n) is 13.6. The van der Waals surface area contributed by atoms with Crippen molar-refractivity contribution < 1.29 is 19.4 Å². The molecule has 0 radical (unpaired) electrons. The van der Waals surface area contributed by atoms with Crippen LogP contribution in [0.15, 0.2) is 73.3 Å². The van der Waals surface area contributed by atoms with Gasteiger partial charge in [0.15, 0.2) is 17.2 Å². The molecular formula is C36H44N8O4. The molecule has 1 saturated heterocycles. The van der Waals surface area contributed by atoms with E-state index in [0.717, 1.165) is 68.2 Å². The molecule has 4 aromatic rings. The highest BCUT2D eigenvalue weighted by molar-refractivity contribution is 5.87. The third-order valence-electron chi connectivity index (χ3n) is 8.84. The van der Waals surface area contributed by atoms with Crippen molar-refractivity contribution in [2.75, 3.05) is 41.7 Å². The van der Waals surface area contributed by atoms with Crippen LogP contribution in [0, 0.1) is 0 Å². The number of hydrogen-bond donors (Lipinski definition) is 4. The van der Waals surface area contributed by atoms with E-state index in [-0.39, 0.29) is 13.0 Å². The third-order valence-corrected chi connectivity index (χ3v) is 8.84. The highest BCUT2D eigenvalue weighted by atomic mass is 16.6. The number of aryl methyl sites for hydroxylation is 1. The smallest absolute Gasteiger partial charge is 0.405 e. The number of fused-ring (bicyclic) bond motifs is 1. The summed E-state index contributed by atoms with van der Waals surface area (Å²) in [5.41, 5.74) is 1.41. The number of ether oxygens (including phenoxy) is 1. The SMILES string of the molecule is CC(C)(C)OC(=O)C(CNc1ncnc(N2CCC(c3ccc4c(n3)NCCC4)CC2)c1-n1cccc1)(Cc1ccccc1)NC(=O)O. The number of carbonyl (C=O) groups is 2. The lowest BCUT2D eigenvalue weighted by Crippen LogP contribution is -2.61. The topological polar surface area (TPSA) is 147 Å². The Morgan fingerprint density at radius 1 is 1.02 bits per heavy atom. The fraction of sp³-hybridized carbons (Fsp3) is 0.417. The Bertz CT molecular complexity index is 1720. The van der Waals surface area contributed by atoms with E-state index in [2.05, 4.69) is 38.0 Å². The number of aromatic nitrogens is 4. The van der Waals surface area contributed by atoms with Crippen LogP contribution in [0.5, 0.6) is 0 Å². The lowest BCUT2D eigenvalue weighted by atomic mass is 9.90. The summed E-state index contributed by atoms with van der Waals surface area (Å²) in [7, 11) is 0. The molecule has 6 rings (SSSR count). The van der Waals surface area contributed by atoms with Crippen LogP contribution in [0.4, 0.5) is 22.2 Å². The van der Waals surface area contributed by atoms with Gasteiger partial charge < -0.3 is 35.3 Å². The molecule has 0 spiro atoms. The predicted octanol–water partition coefficient (Wildman–Crippen LogP) is 5.41. The molecule has 252 valence electrons. The van der Waals surface area contributed by atoms with Crippen LogP contribution in [0.25, 0.3) is 5.69 Å². The van der Waals surface area contributed by atoms with E-state index in [1.165, 1.54) is 11.9 Å². The van der Waals surface area contributed by atoms with E-state index in [4.69, 9.17) is 14.7 Å². The Hall–Kier alpha value is -5.13. The second kappa shape index (κ2) is 13.9. The number of pyridine rings is 1. The van der Waals surface area contributed by atoms with Gasteiger partial charge in [0.2, 0.25) is 0 Å². The van der Waals surface area contributed by atoms with Crippen LogP contribution >= 0.6 is 0 Å². The number of anilines is 3. The Labute approximate surface area is 281 Å². The first-order valence-electron chi connectivity index (χ1n) is 16.6. The van der Waals surface area contributed by atoms with Crippen LogP contribution in [-0.2, 0) is 22.4 Å². The summed E-state index contributed by atoms with van der Waals surface area (Å²) in [6.45, 7) is 7.68. The molecule has 1 aromatic carbocycles. The van der Waals surface area contributed by atoms with E-state index in [1.54, 1.807) is 20.8 Å². The molecule has 5 heterocycles. The lowest BCUT2D eigenvalue weighted by molar-refractivity contribution is -0.162. The van der Waals surface area contributed by atoms with Crippen molar-refractivity contribution in [3.8, 4) is 5.69 Å². The Morgan fingerprint density at radius 2 is 1.77 bits per heavy atom. The Balaban J connectivity index is 1.28. The lowest BCUT2D eigenvalue weighted by Gasteiger charge is -2.36. The fourth-order valence-electron chi connectivity index (χ4n) is 6.52. The average molecular weight is 653 g/mol. The van der Waals surface area contributed by atoms with Gasteiger partial charge in [-0.2, -0.15) is 0 Å². The number of rotatable bonds is 10. The molecule has 1 fully saturated rings. The van der Waals surface area contributed by atoms with Crippen LogP contribution in [0.1, 0.15) is 62.8 Å². The minimum absolute atomic E-state index is 0.0681. The number of amides is 1. The highest BCUT2D eigenvalue weighted by Crippen LogP contribution is 2.35. The molecule has 0 aliphatic carbocycles. The van der Waals surface area contributed by atoms with Crippen molar-refractivity contribution in [1.82, 2.24) is 24.8 Å². The second-order valence-corrected chi connectivity index (χ2v) is 13.6. The van der Waals surface area contributed by atoms with E-state index in [1.807, 2.05) is 59.4 Å². The fourth-order valence-corrected chi connectivity index (χ4v) is 6.52. The molecule has 1 unspecified atom stereocenters. The van der Waals surface area contributed by atoms with E-state index >= 15 is 0 Å². The van der Waals surface area contributed by atoms with Gasteiger partial charge in [0.1, 0.15) is 23.4 Å². The quantitative estimate of drug-likeness (QED) is 0.164. The molecule has 1 amide bonds. The molecule has 4 N–H and O–H groups in total.